The van der Waals surface area contributed by atoms with Crippen molar-refractivity contribution in [2.45, 2.75) is 38.9 Å². The number of nitrogens with one attached hydrogen (secondary N) is 1. The first-order chi connectivity index (χ1) is 9.37. The van der Waals surface area contributed by atoms with Crippen molar-refractivity contribution in [2.24, 2.45) is 0 Å². The van der Waals surface area contributed by atoms with Gasteiger partial charge in [-0.05, 0) is 26.8 Å². The van der Waals surface area contributed by atoms with E-state index < -0.39 is 11.6 Å². The predicted octanol–water partition coefficient (Wildman–Crippen LogP) is 0.716. The lowest BCUT2D eigenvalue weighted by Gasteiger charge is -2.43. The second-order valence-corrected chi connectivity index (χ2v) is 5.35. The number of ether oxygens (including phenoxy) is 1. The number of pyridine rings is 1. The minimum atomic E-state index is -0.898. The van der Waals surface area contributed by atoms with Crippen LogP contribution in [0.5, 0.6) is 5.88 Å². The monoisotopic (exact) mass is 277 g/mol. The van der Waals surface area contributed by atoms with Crippen LogP contribution in [0.2, 0.25) is 0 Å². The highest BCUT2D eigenvalue weighted by Crippen LogP contribution is 2.26. The van der Waals surface area contributed by atoms with E-state index in [4.69, 9.17) is 4.74 Å². The van der Waals surface area contributed by atoms with Gasteiger partial charge in [-0.3, -0.25) is 9.59 Å². The molecule has 0 aromatic carbocycles. The van der Waals surface area contributed by atoms with Crippen LogP contribution in [0.4, 0.5) is 0 Å². The molecule has 2 rings (SSSR count). The molecule has 1 atom stereocenters. The maximum absolute atomic E-state index is 12.3. The van der Waals surface area contributed by atoms with Gasteiger partial charge < -0.3 is 15.0 Å². The van der Waals surface area contributed by atoms with Gasteiger partial charge in [0.1, 0.15) is 11.6 Å². The van der Waals surface area contributed by atoms with Crippen LogP contribution >= 0.6 is 0 Å². The lowest BCUT2D eigenvalue weighted by Crippen LogP contribution is -2.67. The van der Waals surface area contributed by atoms with Gasteiger partial charge in [0.15, 0.2) is 0 Å². The Kier molecular flexibility index (Phi) is 3.65. The third kappa shape index (κ3) is 2.33. The molecule has 108 valence electrons. The molecule has 2 heterocycles. The molecule has 0 bridgehead atoms. The van der Waals surface area contributed by atoms with Crippen LogP contribution in [0.15, 0.2) is 18.3 Å². The van der Waals surface area contributed by atoms with E-state index in [1.807, 2.05) is 6.07 Å². The number of carbonyl (C=O) groups excluding carboxylic acids is 2. The van der Waals surface area contributed by atoms with E-state index in [0.29, 0.717) is 12.4 Å². The second kappa shape index (κ2) is 5.11. The van der Waals surface area contributed by atoms with Gasteiger partial charge >= 0.3 is 0 Å². The van der Waals surface area contributed by atoms with Crippen molar-refractivity contribution in [3.63, 3.8) is 0 Å². The number of aromatic nitrogens is 1. The first-order valence-corrected chi connectivity index (χ1v) is 6.48. The van der Waals surface area contributed by atoms with Crippen LogP contribution in [-0.4, -0.2) is 40.4 Å². The summed E-state index contributed by atoms with van der Waals surface area (Å²) in [6.45, 7) is 5.44. The molecule has 1 aliphatic heterocycles. The van der Waals surface area contributed by atoms with E-state index in [1.165, 1.54) is 7.11 Å². The van der Waals surface area contributed by atoms with Crippen molar-refractivity contribution in [1.82, 2.24) is 15.2 Å². The third-order valence-electron chi connectivity index (χ3n) is 3.59. The Morgan fingerprint density at radius 3 is 2.80 bits per heavy atom. The Morgan fingerprint density at radius 1 is 1.45 bits per heavy atom. The molecular weight excluding hydrogens is 258 g/mol. The summed E-state index contributed by atoms with van der Waals surface area (Å²) in [6.07, 6.45) is 1.63. The van der Waals surface area contributed by atoms with E-state index in [-0.39, 0.29) is 11.8 Å². The fourth-order valence-corrected chi connectivity index (χ4v) is 2.24. The number of piperazine rings is 1. The maximum atomic E-state index is 12.3. The lowest BCUT2D eigenvalue weighted by atomic mass is 9.95. The molecule has 1 N–H and O–H groups in total. The SMILES string of the molecule is COc1ncccc1CN1C(=O)C(C)NC(=O)C1(C)C. The van der Waals surface area contributed by atoms with Gasteiger partial charge in [0.2, 0.25) is 17.7 Å². The van der Waals surface area contributed by atoms with Crippen LogP contribution < -0.4 is 10.1 Å². The summed E-state index contributed by atoms with van der Waals surface area (Å²) in [5, 5.41) is 2.69. The molecule has 1 aliphatic rings. The van der Waals surface area contributed by atoms with Crippen LogP contribution in [0.25, 0.3) is 0 Å². The van der Waals surface area contributed by atoms with Crippen molar-refractivity contribution in [1.29, 1.82) is 0 Å². The summed E-state index contributed by atoms with van der Waals surface area (Å²) < 4.78 is 5.19. The van der Waals surface area contributed by atoms with Gasteiger partial charge in [0, 0.05) is 11.8 Å². The minimum absolute atomic E-state index is 0.111. The molecule has 1 fully saturated rings. The molecule has 20 heavy (non-hydrogen) atoms. The highest BCUT2D eigenvalue weighted by atomic mass is 16.5. The van der Waals surface area contributed by atoms with Crippen LogP contribution in [-0.2, 0) is 16.1 Å². The van der Waals surface area contributed by atoms with Crippen LogP contribution in [0.1, 0.15) is 26.3 Å². The highest BCUT2D eigenvalue weighted by molar-refractivity contribution is 5.99. The number of hydrogen-bond donors (Lipinski definition) is 1. The van der Waals surface area contributed by atoms with Crippen molar-refractivity contribution >= 4 is 11.8 Å². The van der Waals surface area contributed by atoms with Crippen molar-refractivity contribution in [3.05, 3.63) is 23.9 Å². The summed E-state index contributed by atoms with van der Waals surface area (Å²) in [4.78, 5) is 30.1. The van der Waals surface area contributed by atoms with Crippen molar-refractivity contribution < 1.29 is 14.3 Å². The van der Waals surface area contributed by atoms with E-state index in [1.54, 1.807) is 37.9 Å². The van der Waals surface area contributed by atoms with Crippen LogP contribution in [0, 0.1) is 0 Å². The van der Waals surface area contributed by atoms with E-state index in [9.17, 15) is 9.59 Å². The quantitative estimate of drug-likeness (QED) is 0.883. The molecule has 2 amide bonds. The van der Waals surface area contributed by atoms with Crippen molar-refractivity contribution in [2.75, 3.05) is 7.11 Å². The van der Waals surface area contributed by atoms with E-state index >= 15 is 0 Å². The van der Waals surface area contributed by atoms with Gasteiger partial charge in [0.25, 0.3) is 0 Å². The van der Waals surface area contributed by atoms with Gasteiger partial charge in [-0.15, -0.1) is 0 Å². The molecule has 0 spiro atoms. The summed E-state index contributed by atoms with van der Waals surface area (Å²) in [5.41, 5.74) is -0.122. The first-order valence-electron chi connectivity index (χ1n) is 6.48. The summed E-state index contributed by atoms with van der Waals surface area (Å²) >= 11 is 0. The number of rotatable bonds is 3. The van der Waals surface area contributed by atoms with Gasteiger partial charge in [0.05, 0.1) is 13.7 Å². The lowest BCUT2D eigenvalue weighted by molar-refractivity contribution is -0.155. The molecule has 0 aliphatic carbocycles. The molecule has 6 nitrogen and oxygen atoms in total. The number of hydrogen-bond acceptors (Lipinski definition) is 4. The topological polar surface area (TPSA) is 71.5 Å². The molecule has 0 saturated carbocycles. The Hall–Kier alpha value is -2.11. The normalized spacial score (nSPS) is 21.6. The number of nitrogens with zero attached hydrogens (tertiary/aromatic N) is 2. The summed E-state index contributed by atoms with van der Waals surface area (Å²) in [7, 11) is 1.53. The van der Waals surface area contributed by atoms with Crippen molar-refractivity contribution in [3.8, 4) is 5.88 Å². The molecule has 1 aromatic rings. The molecule has 6 heteroatoms. The molecule has 1 saturated heterocycles. The largest absolute Gasteiger partial charge is 0.481 e. The van der Waals surface area contributed by atoms with Gasteiger partial charge in [-0.1, -0.05) is 6.07 Å². The second-order valence-electron chi connectivity index (χ2n) is 5.35. The Labute approximate surface area is 118 Å². The molecule has 1 unspecified atom stereocenters. The zero-order valence-electron chi connectivity index (χ0n) is 12.1. The predicted molar refractivity (Wildman–Crippen MR) is 73.0 cm³/mol. The Balaban J connectivity index is 2.34. The minimum Gasteiger partial charge on any atom is -0.481 e. The highest BCUT2D eigenvalue weighted by Gasteiger charge is 2.44. The Morgan fingerprint density at radius 2 is 2.15 bits per heavy atom. The molecule has 0 radical (unpaired) electrons. The molecule has 1 aromatic heterocycles. The number of carbonyl (C=O) groups is 2. The van der Waals surface area contributed by atoms with Gasteiger partial charge in [-0.2, -0.15) is 0 Å². The summed E-state index contributed by atoms with van der Waals surface area (Å²) in [6, 6.07) is 3.10. The number of methoxy groups -OCH3 is 1. The maximum Gasteiger partial charge on any atom is 0.246 e. The smallest absolute Gasteiger partial charge is 0.246 e. The zero-order chi connectivity index (χ0) is 14.9. The Bertz CT molecular complexity index is 542. The molecular formula is C14H19N3O3. The fourth-order valence-electron chi connectivity index (χ4n) is 2.24. The zero-order valence-corrected chi connectivity index (χ0v) is 12.1. The fraction of sp³-hybridized carbons (Fsp3) is 0.500. The van der Waals surface area contributed by atoms with E-state index in [2.05, 4.69) is 10.3 Å². The summed E-state index contributed by atoms with van der Waals surface area (Å²) in [5.74, 6) is 0.197. The third-order valence-corrected chi connectivity index (χ3v) is 3.59. The van der Waals surface area contributed by atoms with E-state index in [0.717, 1.165) is 5.56 Å². The first kappa shape index (κ1) is 14.3. The average Bonchev–Trinajstić information content (AvgIpc) is 2.42. The van der Waals surface area contributed by atoms with Crippen LogP contribution in [0.3, 0.4) is 0 Å². The average molecular weight is 277 g/mol. The van der Waals surface area contributed by atoms with Gasteiger partial charge in [-0.25, -0.2) is 4.98 Å². The standard InChI is InChI=1S/C14H19N3O3/c1-9-12(18)17(14(2,3)13(19)16-9)8-10-6-5-7-15-11(10)20-4/h5-7,9H,8H2,1-4H3,(H,16,19). The number of amides is 2.